The number of allylic oxidation sites excluding steroid dienone is 5. The predicted molar refractivity (Wildman–Crippen MR) is 105 cm³/mol. The van der Waals surface area contributed by atoms with Gasteiger partial charge in [0.15, 0.2) is 0 Å². The van der Waals surface area contributed by atoms with Crippen LogP contribution in [0.15, 0.2) is 94.5 Å². The molecule has 0 aliphatic heterocycles. The first-order valence-electron chi connectivity index (χ1n) is 7.66. The number of hydrogen-bond donors (Lipinski definition) is 0. The topological polar surface area (TPSA) is 24.7 Å². The van der Waals surface area contributed by atoms with E-state index in [1.165, 1.54) is 5.56 Å². The van der Waals surface area contributed by atoms with Crippen molar-refractivity contribution in [2.75, 3.05) is 6.00 Å². The van der Waals surface area contributed by atoms with E-state index in [9.17, 15) is 0 Å². The SMILES string of the molecule is C=N/C(=C1/C=CC=C/C1=N/CCl)c1cccc(-c2ccccc2)c1. The number of halogens is 1. The Kier molecular flexibility index (Phi) is 5.19. The Bertz CT molecular complexity index is 858. The maximum atomic E-state index is 5.79. The minimum absolute atomic E-state index is 0.214. The Balaban J connectivity index is 2.11. The van der Waals surface area contributed by atoms with Crippen LogP contribution in [0, 0.1) is 0 Å². The lowest BCUT2D eigenvalue weighted by Crippen LogP contribution is -2.03. The van der Waals surface area contributed by atoms with Crippen LogP contribution in [-0.2, 0) is 0 Å². The van der Waals surface area contributed by atoms with Gasteiger partial charge in [-0.3, -0.25) is 9.98 Å². The molecule has 2 nitrogen and oxygen atoms in total. The lowest BCUT2D eigenvalue weighted by molar-refractivity contribution is 1.35. The van der Waals surface area contributed by atoms with E-state index in [4.69, 9.17) is 11.6 Å². The molecule has 0 saturated carbocycles. The first-order valence-corrected chi connectivity index (χ1v) is 8.19. The Morgan fingerprint density at radius 3 is 2.42 bits per heavy atom. The minimum atomic E-state index is 0.214. The van der Waals surface area contributed by atoms with Gasteiger partial charge in [-0.1, -0.05) is 66.8 Å². The number of hydrogen-bond acceptors (Lipinski definition) is 2. The number of benzene rings is 2. The summed E-state index contributed by atoms with van der Waals surface area (Å²) in [6.45, 7) is 3.76. The van der Waals surface area contributed by atoms with Gasteiger partial charge in [-0.2, -0.15) is 0 Å². The van der Waals surface area contributed by atoms with E-state index >= 15 is 0 Å². The van der Waals surface area contributed by atoms with Crippen molar-refractivity contribution in [2.45, 2.75) is 0 Å². The van der Waals surface area contributed by atoms with Crippen LogP contribution in [0.3, 0.4) is 0 Å². The van der Waals surface area contributed by atoms with Crippen LogP contribution in [0.25, 0.3) is 16.8 Å². The van der Waals surface area contributed by atoms with Gasteiger partial charge in [0.25, 0.3) is 0 Å². The molecule has 0 atom stereocenters. The second-order valence-electron chi connectivity index (χ2n) is 5.25. The third-order valence-corrected chi connectivity index (χ3v) is 3.91. The standard InChI is InChI=1S/C21H17ClN2/c1-23-21(19-12-5-6-13-20(19)24-15-22)18-11-7-10-17(14-18)16-8-3-2-4-9-16/h2-14H,1,15H2/b21-19-,24-20-. The van der Waals surface area contributed by atoms with Gasteiger partial charge in [0.05, 0.1) is 11.4 Å². The molecule has 0 spiro atoms. The molecule has 0 amide bonds. The largest absolute Gasteiger partial charge is 0.269 e. The molecule has 2 aromatic rings. The molecule has 118 valence electrons. The first kappa shape index (κ1) is 16.2. The van der Waals surface area contributed by atoms with Crippen molar-refractivity contribution in [3.8, 4) is 11.1 Å². The van der Waals surface area contributed by atoms with Crippen molar-refractivity contribution in [3.63, 3.8) is 0 Å². The molecule has 3 rings (SSSR count). The third-order valence-electron chi connectivity index (χ3n) is 3.79. The molecule has 0 unspecified atom stereocenters. The zero-order chi connectivity index (χ0) is 16.8. The van der Waals surface area contributed by atoms with Crippen molar-refractivity contribution in [3.05, 3.63) is 90.0 Å². The van der Waals surface area contributed by atoms with E-state index in [-0.39, 0.29) is 6.00 Å². The molecule has 0 aromatic heterocycles. The fraction of sp³-hybridized carbons (Fsp3) is 0.0476. The Labute approximate surface area is 147 Å². The Hall–Kier alpha value is -2.71. The molecular weight excluding hydrogens is 316 g/mol. The average molecular weight is 333 g/mol. The van der Waals surface area contributed by atoms with E-state index in [1.807, 2.05) is 54.6 Å². The number of nitrogens with zero attached hydrogens (tertiary/aromatic N) is 2. The molecule has 1 aliphatic carbocycles. The molecule has 0 saturated heterocycles. The van der Waals surface area contributed by atoms with Crippen LogP contribution in [0.4, 0.5) is 0 Å². The van der Waals surface area contributed by atoms with Crippen molar-refractivity contribution < 1.29 is 0 Å². The molecule has 2 aromatic carbocycles. The summed E-state index contributed by atoms with van der Waals surface area (Å²) in [7, 11) is 0. The van der Waals surface area contributed by atoms with Crippen LogP contribution < -0.4 is 0 Å². The van der Waals surface area contributed by atoms with E-state index in [2.05, 4.69) is 41.0 Å². The summed E-state index contributed by atoms with van der Waals surface area (Å²) < 4.78 is 0. The minimum Gasteiger partial charge on any atom is -0.269 e. The van der Waals surface area contributed by atoms with Crippen LogP contribution >= 0.6 is 11.6 Å². The van der Waals surface area contributed by atoms with E-state index in [1.54, 1.807) is 0 Å². The molecular formula is C21H17ClN2. The second kappa shape index (κ2) is 7.71. The maximum Gasteiger partial charge on any atom is 0.114 e. The van der Waals surface area contributed by atoms with Crippen LogP contribution in [0.5, 0.6) is 0 Å². The van der Waals surface area contributed by atoms with Gasteiger partial charge in [-0.25, -0.2) is 0 Å². The zero-order valence-corrected chi connectivity index (χ0v) is 13.9. The van der Waals surface area contributed by atoms with E-state index in [0.29, 0.717) is 0 Å². The quantitative estimate of drug-likeness (QED) is 0.399. The fourth-order valence-corrected chi connectivity index (χ4v) is 2.81. The van der Waals surface area contributed by atoms with Gasteiger partial charge in [-0.05, 0) is 30.0 Å². The van der Waals surface area contributed by atoms with Gasteiger partial charge >= 0.3 is 0 Å². The van der Waals surface area contributed by atoms with Gasteiger partial charge < -0.3 is 0 Å². The van der Waals surface area contributed by atoms with Crippen LogP contribution in [0.1, 0.15) is 5.56 Å². The molecule has 1 aliphatic rings. The lowest BCUT2D eigenvalue weighted by Gasteiger charge is -2.12. The maximum absolute atomic E-state index is 5.79. The molecule has 0 fully saturated rings. The van der Waals surface area contributed by atoms with Crippen LogP contribution in [-0.4, -0.2) is 18.4 Å². The van der Waals surface area contributed by atoms with Crippen molar-refractivity contribution >= 4 is 29.7 Å². The summed E-state index contributed by atoms with van der Waals surface area (Å²) in [5.74, 6) is 0. The highest BCUT2D eigenvalue weighted by Crippen LogP contribution is 2.28. The number of aliphatic imine (C=N–C) groups is 2. The highest BCUT2D eigenvalue weighted by molar-refractivity contribution is 6.21. The summed E-state index contributed by atoms with van der Waals surface area (Å²) in [6, 6.07) is 18.8. The summed E-state index contributed by atoms with van der Waals surface area (Å²) >= 11 is 5.79. The smallest absolute Gasteiger partial charge is 0.114 e. The average Bonchev–Trinajstić information content (AvgIpc) is 2.65. The summed E-state index contributed by atoms with van der Waals surface area (Å²) in [5.41, 5.74) is 5.86. The summed E-state index contributed by atoms with van der Waals surface area (Å²) in [6.07, 6.45) is 7.83. The number of rotatable bonds is 4. The van der Waals surface area contributed by atoms with Gasteiger partial charge in [0.2, 0.25) is 0 Å². The number of alkyl halides is 1. The molecule has 0 N–H and O–H groups in total. The molecule has 24 heavy (non-hydrogen) atoms. The normalized spacial score (nSPS) is 17.1. The van der Waals surface area contributed by atoms with Gasteiger partial charge in [0, 0.05) is 11.1 Å². The monoisotopic (exact) mass is 332 g/mol. The van der Waals surface area contributed by atoms with Crippen molar-refractivity contribution in [1.29, 1.82) is 0 Å². The van der Waals surface area contributed by atoms with Crippen molar-refractivity contribution in [2.24, 2.45) is 9.98 Å². The third kappa shape index (κ3) is 3.44. The Morgan fingerprint density at radius 2 is 1.67 bits per heavy atom. The molecule has 0 bridgehead atoms. The summed E-state index contributed by atoms with van der Waals surface area (Å²) in [4.78, 5) is 8.61. The fourth-order valence-electron chi connectivity index (χ4n) is 2.68. The highest BCUT2D eigenvalue weighted by Gasteiger charge is 2.12. The summed E-state index contributed by atoms with van der Waals surface area (Å²) in [5, 5.41) is 0. The van der Waals surface area contributed by atoms with E-state index < -0.39 is 0 Å². The molecule has 0 radical (unpaired) electrons. The van der Waals surface area contributed by atoms with Crippen LogP contribution in [0.2, 0.25) is 0 Å². The van der Waals surface area contributed by atoms with E-state index in [0.717, 1.165) is 28.1 Å². The second-order valence-corrected chi connectivity index (χ2v) is 5.49. The molecule has 0 heterocycles. The first-order chi connectivity index (χ1) is 11.8. The Morgan fingerprint density at radius 1 is 0.917 bits per heavy atom. The highest BCUT2D eigenvalue weighted by atomic mass is 35.5. The lowest BCUT2D eigenvalue weighted by atomic mass is 9.96. The zero-order valence-electron chi connectivity index (χ0n) is 13.2. The molecule has 3 heteroatoms. The van der Waals surface area contributed by atoms with Gasteiger partial charge in [0.1, 0.15) is 6.00 Å². The predicted octanol–water partition coefficient (Wildman–Crippen LogP) is 5.53. The van der Waals surface area contributed by atoms with Crippen molar-refractivity contribution in [1.82, 2.24) is 0 Å². The van der Waals surface area contributed by atoms with Gasteiger partial charge in [-0.15, -0.1) is 11.6 Å².